The summed E-state index contributed by atoms with van der Waals surface area (Å²) in [4.78, 5) is 23.9. The van der Waals surface area contributed by atoms with Gasteiger partial charge in [-0.1, -0.05) is 49.7 Å². The van der Waals surface area contributed by atoms with Crippen molar-refractivity contribution in [1.29, 1.82) is 0 Å². The second-order valence-corrected chi connectivity index (χ2v) is 9.66. The van der Waals surface area contributed by atoms with Crippen LogP contribution >= 0.6 is 11.6 Å². The van der Waals surface area contributed by atoms with Gasteiger partial charge < -0.3 is 5.32 Å². The van der Waals surface area contributed by atoms with Gasteiger partial charge >= 0.3 is 0 Å². The summed E-state index contributed by atoms with van der Waals surface area (Å²) in [6.07, 6.45) is 0. The van der Waals surface area contributed by atoms with Crippen molar-refractivity contribution in [3.63, 3.8) is 0 Å². The molecule has 0 aliphatic heterocycles. The number of hydrogen-bond acceptors (Lipinski definition) is 4. The van der Waals surface area contributed by atoms with Gasteiger partial charge in [0.2, 0.25) is 15.9 Å². The Bertz CT molecular complexity index is 971. The van der Waals surface area contributed by atoms with E-state index in [1.165, 1.54) is 38.2 Å². The molecule has 0 fully saturated rings. The maximum absolute atomic E-state index is 12.7. The second kappa shape index (κ2) is 9.52. The highest BCUT2D eigenvalue weighted by Gasteiger charge is 2.25. The normalized spacial score (nSPS) is 12.8. The van der Waals surface area contributed by atoms with Crippen molar-refractivity contribution in [2.24, 2.45) is 5.92 Å². The van der Waals surface area contributed by atoms with Crippen LogP contribution in [0.15, 0.2) is 53.4 Å². The van der Waals surface area contributed by atoms with E-state index < -0.39 is 15.9 Å². The molecule has 0 bridgehead atoms. The van der Waals surface area contributed by atoms with Gasteiger partial charge in [0.25, 0.3) is 0 Å². The standard InChI is InChI=1S/C21H25ClN2O4S/c1-14(2)21(17-5-9-18(22)10-6-17)23-20(26)13-24(4)29(27,28)19-11-7-16(8-12-19)15(3)25/h5-12,14,21H,13H2,1-4H3,(H,23,26). The third-order valence-corrected chi connectivity index (χ3v) is 6.62. The third kappa shape index (κ3) is 5.88. The molecule has 0 heterocycles. The summed E-state index contributed by atoms with van der Waals surface area (Å²) in [5, 5.41) is 3.50. The molecule has 1 N–H and O–H groups in total. The van der Waals surface area contributed by atoms with Crippen molar-refractivity contribution in [2.45, 2.75) is 31.7 Å². The van der Waals surface area contributed by atoms with Gasteiger partial charge in [-0.05, 0) is 42.7 Å². The zero-order chi connectivity index (χ0) is 21.8. The highest BCUT2D eigenvalue weighted by Crippen LogP contribution is 2.23. The molecule has 0 spiro atoms. The molecule has 0 aliphatic rings. The van der Waals surface area contributed by atoms with Gasteiger partial charge in [-0.2, -0.15) is 4.31 Å². The van der Waals surface area contributed by atoms with Crippen molar-refractivity contribution in [1.82, 2.24) is 9.62 Å². The average molecular weight is 437 g/mol. The van der Waals surface area contributed by atoms with E-state index in [2.05, 4.69) is 5.32 Å². The number of rotatable bonds is 8. The summed E-state index contributed by atoms with van der Waals surface area (Å²) in [6, 6.07) is 12.5. The molecule has 0 aliphatic carbocycles. The van der Waals surface area contributed by atoms with Crippen LogP contribution in [0.2, 0.25) is 5.02 Å². The molecule has 0 aromatic heterocycles. The van der Waals surface area contributed by atoms with Gasteiger partial charge in [-0.25, -0.2) is 8.42 Å². The zero-order valence-corrected chi connectivity index (χ0v) is 18.4. The summed E-state index contributed by atoms with van der Waals surface area (Å²) < 4.78 is 26.4. The lowest BCUT2D eigenvalue weighted by molar-refractivity contribution is -0.122. The van der Waals surface area contributed by atoms with E-state index >= 15 is 0 Å². The number of hydrogen-bond donors (Lipinski definition) is 1. The van der Waals surface area contributed by atoms with Crippen LogP contribution in [0.5, 0.6) is 0 Å². The van der Waals surface area contributed by atoms with Crippen LogP contribution in [-0.4, -0.2) is 38.0 Å². The number of sulfonamides is 1. The highest BCUT2D eigenvalue weighted by atomic mass is 35.5. The molecule has 8 heteroatoms. The molecule has 0 radical (unpaired) electrons. The van der Waals surface area contributed by atoms with E-state index in [1.807, 2.05) is 26.0 Å². The topological polar surface area (TPSA) is 83.6 Å². The van der Waals surface area contributed by atoms with Gasteiger partial charge in [-0.3, -0.25) is 9.59 Å². The Morgan fingerprint density at radius 1 is 1.03 bits per heavy atom. The number of ketones is 1. The predicted octanol–water partition coefficient (Wildman–Crippen LogP) is 3.68. The maximum atomic E-state index is 12.7. The fourth-order valence-corrected chi connectivity index (χ4v) is 4.11. The Balaban J connectivity index is 2.11. The van der Waals surface area contributed by atoms with Crippen molar-refractivity contribution in [3.05, 3.63) is 64.7 Å². The molecule has 0 saturated carbocycles. The number of likely N-dealkylation sites (N-methyl/N-ethyl adjacent to an activating group) is 1. The number of carbonyl (C=O) groups is 2. The average Bonchev–Trinajstić information content (AvgIpc) is 2.66. The van der Waals surface area contributed by atoms with Crippen molar-refractivity contribution < 1.29 is 18.0 Å². The number of halogens is 1. The van der Waals surface area contributed by atoms with Crippen LogP contribution in [0.1, 0.15) is 42.7 Å². The molecule has 156 valence electrons. The molecule has 2 aromatic carbocycles. The zero-order valence-electron chi connectivity index (χ0n) is 16.8. The Kier molecular flexibility index (Phi) is 7.57. The first-order valence-electron chi connectivity index (χ1n) is 9.14. The molecule has 2 rings (SSSR count). The van der Waals surface area contributed by atoms with E-state index in [4.69, 9.17) is 11.6 Å². The van der Waals surface area contributed by atoms with Crippen LogP contribution in [-0.2, 0) is 14.8 Å². The molecule has 0 saturated heterocycles. The molecule has 1 atom stereocenters. The molecule has 29 heavy (non-hydrogen) atoms. The molecule has 1 unspecified atom stereocenters. The highest BCUT2D eigenvalue weighted by molar-refractivity contribution is 7.89. The van der Waals surface area contributed by atoms with Gasteiger partial charge in [0.15, 0.2) is 5.78 Å². The van der Waals surface area contributed by atoms with E-state index in [9.17, 15) is 18.0 Å². The van der Waals surface area contributed by atoms with Crippen LogP contribution in [0, 0.1) is 5.92 Å². The van der Waals surface area contributed by atoms with Crippen molar-refractivity contribution in [3.8, 4) is 0 Å². The maximum Gasteiger partial charge on any atom is 0.243 e. The molecule has 1 amide bonds. The summed E-state index contributed by atoms with van der Waals surface area (Å²) in [5.41, 5.74) is 1.31. The Morgan fingerprint density at radius 3 is 2.07 bits per heavy atom. The van der Waals surface area contributed by atoms with Gasteiger partial charge in [0, 0.05) is 17.6 Å². The largest absolute Gasteiger partial charge is 0.348 e. The number of benzene rings is 2. The number of carbonyl (C=O) groups excluding carboxylic acids is 2. The minimum absolute atomic E-state index is 0.0240. The second-order valence-electron chi connectivity index (χ2n) is 7.18. The Hall–Kier alpha value is -2.22. The third-order valence-electron chi connectivity index (χ3n) is 4.55. The molecule has 2 aromatic rings. The Labute approximate surface area is 176 Å². The summed E-state index contributed by atoms with van der Waals surface area (Å²) in [5.74, 6) is -0.463. The van der Waals surface area contributed by atoms with Crippen LogP contribution < -0.4 is 5.32 Å². The van der Waals surface area contributed by atoms with Gasteiger partial charge in [0.1, 0.15) is 0 Å². The van der Waals surface area contributed by atoms with Crippen LogP contribution in [0.25, 0.3) is 0 Å². The summed E-state index contributed by atoms with van der Waals surface area (Å²) >= 11 is 5.93. The number of nitrogens with one attached hydrogen (secondary N) is 1. The van der Waals surface area contributed by atoms with E-state index in [1.54, 1.807) is 12.1 Å². The number of nitrogens with zero attached hydrogens (tertiary/aromatic N) is 1. The van der Waals surface area contributed by atoms with E-state index in [0.717, 1.165) is 9.87 Å². The molecular weight excluding hydrogens is 412 g/mol. The minimum Gasteiger partial charge on any atom is -0.348 e. The predicted molar refractivity (Wildman–Crippen MR) is 113 cm³/mol. The first-order valence-corrected chi connectivity index (χ1v) is 11.0. The van der Waals surface area contributed by atoms with E-state index in [0.29, 0.717) is 10.6 Å². The van der Waals surface area contributed by atoms with Gasteiger partial charge in [0.05, 0.1) is 17.5 Å². The summed E-state index contributed by atoms with van der Waals surface area (Å²) in [6.45, 7) is 5.02. The minimum atomic E-state index is -3.86. The number of amides is 1. The first kappa shape index (κ1) is 23.1. The van der Waals surface area contributed by atoms with Gasteiger partial charge in [-0.15, -0.1) is 0 Å². The lowest BCUT2D eigenvalue weighted by atomic mass is 9.96. The van der Waals surface area contributed by atoms with E-state index in [-0.39, 0.29) is 29.2 Å². The lowest BCUT2D eigenvalue weighted by Crippen LogP contribution is -2.41. The monoisotopic (exact) mass is 436 g/mol. The lowest BCUT2D eigenvalue weighted by Gasteiger charge is -2.24. The summed E-state index contributed by atoms with van der Waals surface area (Å²) in [7, 11) is -2.51. The quantitative estimate of drug-likeness (QED) is 0.640. The van der Waals surface area contributed by atoms with Crippen LogP contribution in [0.4, 0.5) is 0 Å². The molecule has 6 nitrogen and oxygen atoms in total. The fourth-order valence-electron chi connectivity index (χ4n) is 2.85. The number of Topliss-reactive ketones (excluding diaryl/α,β-unsaturated/α-hetero) is 1. The van der Waals surface area contributed by atoms with Crippen molar-refractivity contribution in [2.75, 3.05) is 13.6 Å². The Morgan fingerprint density at radius 2 is 1.59 bits per heavy atom. The first-order chi connectivity index (χ1) is 13.5. The van der Waals surface area contributed by atoms with Crippen LogP contribution in [0.3, 0.4) is 0 Å². The fraction of sp³-hybridized carbons (Fsp3) is 0.333. The smallest absolute Gasteiger partial charge is 0.243 e. The van der Waals surface area contributed by atoms with Crippen molar-refractivity contribution >= 4 is 33.3 Å². The molecular formula is C21H25ClN2O4S. The SMILES string of the molecule is CC(=O)c1ccc(S(=O)(=O)N(C)CC(=O)NC(c2ccc(Cl)cc2)C(C)C)cc1.